The van der Waals surface area contributed by atoms with Gasteiger partial charge in [-0.1, -0.05) is 42.2 Å². The predicted octanol–water partition coefficient (Wildman–Crippen LogP) is 3.68. The number of Topliss-reactive ketones (excluding diaryl/α,β-unsaturated/α-hetero) is 1. The second-order valence-corrected chi connectivity index (χ2v) is 7.75. The molecule has 8 heteroatoms. The number of thioether (sulfide) groups is 1. The zero-order valence-corrected chi connectivity index (χ0v) is 15.5. The molecule has 24 heavy (non-hydrogen) atoms. The second-order valence-electron chi connectivity index (χ2n) is 5.19. The van der Waals surface area contributed by atoms with E-state index in [0.717, 1.165) is 22.4 Å². The van der Waals surface area contributed by atoms with Crippen LogP contribution in [0.4, 0.5) is 10.8 Å². The number of benzene rings is 1. The summed E-state index contributed by atoms with van der Waals surface area (Å²) < 4.78 is 0.744. The summed E-state index contributed by atoms with van der Waals surface area (Å²) in [5.74, 6) is -0.173. The van der Waals surface area contributed by atoms with Gasteiger partial charge in [-0.05, 0) is 32.4 Å². The molecule has 1 amide bonds. The number of ketones is 1. The number of aromatic nitrogens is 2. The maximum Gasteiger partial charge on any atom is 0.237 e. The van der Waals surface area contributed by atoms with Crippen molar-refractivity contribution in [3.63, 3.8) is 0 Å². The van der Waals surface area contributed by atoms with E-state index in [1.165, 1.54) is 30.0 Å². The molecule has 128 valence electrons. The molecule has 2 aromatic rings. The first kappa shape index (κ1) is 18.4. The van der Waals surface area contributed by atoms with Crippen molar-refractivity contribution < 1.29 is 9.59 Å². The number of carbonyl (C=O) groups is 2. The molecule has 0 saturated carbocycles. The van der Waals surface area contributed by atoms with Gasteiger partial charge in [-0.25, -0.2) is 0 Å². The SMILES string of the molecule is CCCNc1nnc(S[C@H](C)C(=O)Nc2cccc(C(C)=O)c2)s1. The molecule has 0 aliphatic carbocycles. The molecule has 0 saturated heterocycles. The topological polar surface area (TPSA) is 84.0 Å². The third-order valence-corrected chi connectivity index (χ3v) is 5.18. The van der Waals surface area contributed by atoms with E-state index in [9.17, 15) is 9.59 Å². The number of anilines is 2. The van der Waals surface area contributed by atoms with Crippen molar-refractivity contribution in [1.29, 1.82) is 0 Å². The van der Waals surface area contributed by atoms with Crippen LogP contribution >= 0.6 is 23.1 Å². The lowest BCUT2D eigenvalue weighted by Gasteiger charge is -2.10. The van der Waals surface area contributed by atoms with Gasteiger partial charge in [0.15, 0.2) is 10.1 Å². The molecular weight excluding hydrogens is 344 g/mol. The Morgan fingerprint density at radius 3 is 2.83 bits per heavy atom. The highest BCUT2D eigenvalue weighted by molar-refractivity contribution is 8.02. The van der Waals surface area contributed by atoms with Crippen LogP contribution in [0.2, 0.25) is 0 Å². The van der Waals surface area contributed by atoms with Crippen LogP contribution in [0.25, 0.3) is 0 Å². The summed E-state index contributed by atoms with van der Waals surface area (Å²) in [6, 6.07) is 6.91. The Morgan fingerprint density at radius 1 is 1.33 bits per heavy atom. The van der Waals surface area contributed by atoms with Gasteiger partial charge in [0.25, 0.3) is 0 Å². The second kappa shape index (κ2) is 8.79. The molecule has 0 unspecified atom stereocenters. The van der Waals surface area contributed by atoms with Crippen LogP contribution in [0.5, 0.6) is 0 Å². The fourth-order valence-corrected chi connectivity index (χ4v) is 3.75. The molecule has 2 rings (SSSR count). The van der Waals surface area contributed by atoms with Gasteiger partial charge in [0.1, 0.15) is 0 Å². The van der Waals surface area contributed by atoms with Gasteiger partial charge in [-0.3, -0.25) is 9.59 Å². The molecule has 0 aliphatic heterocycles. The monoisotopic (exact) mass is 364 g/mol. The van der Waals surface area contributed by atoms with Crippen LogP contribution < -0.4 is 10.6 Å². The maximum atomic E-state index is 12.3. The highest BCUT2D eigenvalue weighted by Crippen LogP contribution is 2.29. The number of nitrogens with one attached hydrogen (secondary N) is 2. The number of amides is 1. The van der Waals surface area contributed by atoms with Gasteiger partial charge in [-0.2, -0.15) is 0 Å². The minimum atomic E-state index is -0.321. The molecule has 1 atom stereocenters. The predicted molar refractivity (Wildman–Crippen MR) is 99.1 cm³/mol. The molecule has 1 aromatic carbocycles. The number of nitrogens with zero attached hydrogens (tertiary/aromatic N) is 2. The Morgan fingerprint density at radius 2 is 2.12 bits per heavy atom. The van der Waals surface area contributed by atoms with Crippen molar-refractivity contribution in [2.24, 2.45) is 0 Å². The van der Waals surface area contributed by atoms with Gasteiger partial charge < -0.3 is 10.6 Å². The summed E-state index contributed by atoms with van der Waals surface area (Å²) in [4.78, 5) is 23.7. The van der Waals surface area contributed by atoms with E-state index in [2.05, 4.69) is 27.8 Å². The van der Waals surface area contributed by atoms with Crippen molar-refractivity contribution >= 4 is 45.6 Å². The number of hydrogen-bond acceptors (Lipinski definition) is 7. The Labute approximate surface area is 149 Å². The molecule has 0 spiro atoms. The molecule has 0 bridgehead atoms. The zero-order valence-electron chi connectivity index (χ0n) is 13.8. The molecule has 2 N–H and O–H groups in total. The van der Waals surface area contributed by atoms with Crippen LogP contribution in [0, 0.1) is 0 Å². The van der Waals surface area contributed by atoms with Crippen LogP contribution in [0.3, 0.4) is 0 Å². The summed E-state index contributed by atoms with van der Waals surface area (Å²) in [6.07, 6.45) is 1.01. The minimum Gasteiger partial charge on any atom is -0.360 e. The maximum absolute atomic E-state index is 12.3. The fourth-order valence-electron chi connectivity index (χ4n) is 1.83. The van der Waals surface area contributed by atoms with Crippen molar-refractivity contribution in [3.05, 3.63) is 29.8 Å². The first-order chi connectivity index (χ1) is 11.5. The normalized spacial score (nSPS) is 11.8. The van der Waals surface area contributed by atoms with Gasteiger partial charge in [0, 0.05) is 17.8 Å². The third kappa shape index (κ3) is 5.31. The smallest absolute Gasteiger partial charge is 0.237 e. The summed E-state index contributed by atoms with van der Waals surface area (Å²) in [7, 11) is 0. The fraction of sp³-hybridized carbons (Fsp3) is 0.375. The van der Waals surface area contributed by atoms with Crippen molar-refractivity contribution in [1.82, 2.24) is 10.2 Å². The van der Waals surface area contributed by atoms with E-state index in [4.69, 9.17) is 0 Å². The molecule has 0 radical (unpaired) electrons. The summed E-state index contributed by atoms with van der Waals surface area (Å²) >= 11 is 2.80. The lowest BCUT2D eigenvalue weighted by Crippen LogP contribution is -2.22. The van der Waals surface area contributed by atoms with Gasteiger partial charge >= 0.3 is 0 Å². The Balaban J connectivity index is 1.93. The summed E-state index contributed by atoms with van der Waals surface area (Å²) in [5.41, 5.74) is 1.19. The largest absolute Gasteiger partial charge is 0.360 e. The number of hydrogen-bond donors (Lipinski definition) is 2. The van der Waals surface area contributed by atoms with Crippen LogP contribution in [0.1, 0.15) is 37.6 Å². The molecule has 0 fully saturated rings. The average Bonchev–Trinajstić information content (AvgIpc) is 3.00. The van der Waals surface area contributed by atoms with Crippen LogP contribution in [-0.4, -0.2) is 33.7 Å². The molecular formula is C16H20N4O2S2. The van der Waals surface area contributed by atoms with Crippen LogP contribution in [0.15, 0.2) is 28.6 Å². The van der Waals surface area contributed by atoms with E-state index in [1.54, 1.807) is 24.3 Å². The van der Waals surface area contributed by atoms with E-state index in [-0.39, 0.29) is 16.9 Å². The Hall–Kier alpha value is -1.93. The van der Waals surface area contributed by atoms with Gasteiger partial charge in [0.05, 0.1) is 5.25 Å². The quantitative estimate of drug-likeness (QED) is 0.549. The van der Waals surface area contributed by atoms with Gasteiger partial charge in [0.2, 0.25) is 11.0 Å². The number of rotatable bonds is 8. The molecule has 1 heterocycles. The Kier molecular flexibility index (Phi) is 6.74. The van der Waals surface area contributed by atoms with E-state index >= 15 is 0 Å². The van der Waals surface area contributed by atoms with Crippen molar-refractivity contribution in [2.75, 3.05) is 17.2 Å². The van der Waals surface area contributed by atoms with E-state index in [1.807, 2.05) is 6.92 Å². The summed E-state index contributed by atoms with van der Waals surface area (Å²) in [5, 5.41) is 14.6. The van der Waals surface area contributed by atoms with Crippen LogP contribution in [-0.2, 0) is 4.79 Å². The zero-order chi connectivity index (χ0) is 17.5. The molecule has 6 nitrogen and oxygen atoms in total. The minimum absolute atomic E-state index is 0.0329. The Bertz CT molecular complexity index is 718. The lowest BCUT2D eigenvalue weighted by molar-refractivity contribution is -0.115. The van der Waals surface area contributed by atoms with E-state index < -0.39 is 0 Å². The van der Waals surface area contributed by atoms with Crippen molar-refractivity contribution in [2.45, 2.75) is 36.8 Å². The molecule has 1 aromatic heterocycles. The lowest BCUT2D eigenvalue weighted by atomic mass is 10.1. The summed E-state index contributed by atoms with van der Waals surface area (Å²) in [6.45, 7) is 6.24. The third-order valence-electron chi connectivity index (χ3n) is 3.12. The highest BCUT2D eigenvalue weighted by atomic mass is 32.2. The first-order valence-corrected chi connectivity index (χ1v) is 9.35. The first-order valence-electron chi connectivity index (χ1n) is 7.65. The standard InChI is InChI=1S/C16H20N4O2S2/c1-4-8-17-15-19-20-16(24-15)23-11(3)14(22)18-13-7-5-6-12(9-13)10(2)21/h5-7,9,11H,4,8H2,1-3H3,(H,17,19)(H,18,22)/t11-/m1/s1. The van der Waals surface area contributed by atoms with Crippen molar-refractivity contribution in [3.8, 4) is 0 Å². The van der Waals surface area contributed by atoms with Gasteiger partial charge in [-0.15, -0.1) is 10.2 Å². The average molecular weight is 364 g/mol. The number of carbonyl (C=O) groups excluding carboxylic acids is 2. The molecule has 0 aliphatic rings. The van der Waals surface area contributed by atoms with E-state index in [0.29, 0.717) is 11.3 Å². The highest BCUT2D eigenvalue weighted by Gasteiger charge is 2.17.